The number of nitrogens with zero attached hydrogens (tertiary/aromatic N) is 3. The van der Waals surface area contributed by atoms with E-state index in [4.69, 9.17) is 0 Å². The topological polar surface area (TPSA) is 46.1 Å². The van der Waals surface area contributed by atoms with Gasteiger partial charge in [-0.05, 0) is 18.6 Å². The second-order valence-electron chi connectivity index (χ2n) is 6.72. The van der Waals surface area contributed by atoms with Crippen molar-refractivity contribution in [3.63, 3.8) is 0 Å². The lowest BCUT2D eigenvalue weighted by atomic mass is 10.1. The molecule has 8 heteroatoms. The third kappa shape index (κ3) is 5.60. The van der Waals surface area contributed by atoms with Gasteiger partial charge >= 0.3 is 6.18 Å². The number of rotatable bonds is 6. The van der Waals surface area contributed by atoms with Gasteiger partial charge in [-0.1, -0.05) is 72.4 Å². The van der Waals surface area contributed by atoms with Crippen LogP contribution in [0.1, 0.15) is 18.2 Å². The predicted octanol–water partition coefficient (Wildman–Crippen LogP) is 5.30. The zero-order chi connectivity index (χ0) is 21.7. The Balaban J connectivity index is 1.81. The quantitative estimate of drug-likeness (QED) is 0.392. The molecule has 0 aliphatic heterocycles. The summed E-state index contributed by atoms with van der Waals surface area (Å²) < 4.78 is 40.1. The minimum Gasteiger partial charge on any atom is -0.340 e. The first kappa shape index (κ1) is 21.8. The summed E-state index contributed by atoms with van der Waals surface area (Å²) >= 11 is 0.916. The Kier molecular flexibility index (Phi) is 6.77. The lowest BCUT2D eigenvalue weighted by Crippen LogP contribution is -2.32. The van der Waals surface area contributed by atoms with E-state index in [-0.39, 0.29) is 16.8 Å². The van der Waals surface area contributed by atoms with E-state index in [9.17, 15) is 18.0 Å². The van der Waals surface area contributed by atoms with Gasteiger partial charge in [-0.25, -0.2) is 9.97 Å². The van der Waals surface area contributed by atoms with Crippen molar-refractivity contribution in [1.29, 1.82) is 0 Å². The van der Waals surface area contributed by atoms with Crippen molar-refractivity contribution in [3.05, 3.63) is 78.0 Å². The summed E-state index contributed by atoms with van der Waals surface area (Å²) in [5.74, 6) is -0.217. The number of benzene rings is 2. The summed E-state index contributed by atoms with van der Waals surface area (Å²) in [6.07, 6.45) is -4.61. The van der Waals surface area contributed by atoms with Crippen LogP contribution in [0.2, 0.25) is 0 Å². The highest BCUT2D eigenvalue weighted by Gasteiger charge is 2.34. The second kappa shape index (κ2) is 9.30. The van der Waals surface area contributed by atoms with E-state index >= 15 is 0 Å². The fraction of sp³-hybridized carbons (Fsp3) is 0.227. The molecule has 0 radical (unpaired) electrons. The monoisotopic (exact) mass is 431 g/mol. The lowest BCUT2D eigenvalue weighted by Gasteiger charge is -2.21. The fourth-order valence-corrected chi connectivity index (χ4v) is 3.73. The molecule has 0 fully saturated rings. The minimum atomic E-state index is -4.61. The Labute approximate surface area is 177 Å². The van der Waals surface area contributed by atoms with Crippen LogP contribution in [0.15, 0.2) is 71.9 Å². The molecule has 0 spiro atoms. The number of amides is 1. The average Bonchev–Trinajstić information content (AvgIpc) is 2.73. The summed E-state index contributed by atoms with van der Waals surface area (Å²) in [5, 5.41) is -0.733. The smallest absolute Gasteiger partial charge is 0.340 e. The maximum atomic E-state index is 13.4. The van der Waals surface area contributed by atoms with E-state index in [1.54, 1.807) is 49.2 Å². The molecular weight excluding hydrogens is 411 g/mol. The van der Waals surface area contributed by atoms with Crippen LogP contribution in [-0.4, -0.2) is 33.1 Å². The maximum absolute atomic E-state index is 13.4. The highest BCUT2D eigenvalue weighted by atomic mass is 32.2. The Morgan fingerprint density at radius 2 is 1.63 bits per heavy atom. The molecule has 0 saturated carbocycles. The molecule has 30 heavy (non-hydrogen) atoms. The van der Waals surface area contributed by atoms with Gasteiger partial charge in [0, 0.05) is 19.2 Å². The summed E-state index contributed by atoms with van der Waals surface area (Å²) in [4.78, 5) is 22.2. The van der Waals surface area contributed by atoms with Crippen molar-refractivity contribution in [2.75, 3.05) is 7.05 Å². The minimum absolute atomic E-state index is 0.0855. The summed E-state index contributed by atoms with van der Waals surface area (Å²) in [6.45, 7) is 2.05. The molecule has 0 aliphatic carbocycles. The first-order valence-electron chi connectivity index (χ1n) is 9.21. The van der Waals surface area contributed by atoms with Crippen molar-refractivity contribution >= 4 is 17.7 Å². The molecular formula is C22H20F3N3OS. The van der Waals surface area contributed by atoms with Gasteiger partial charge in [0.2, 0.25) is 5.91 Å². The number of hydrogen-bond acceptors (Lipinski definition) is 4. The highest BCUT2D eigenvalue weighted by molar-refractivity contribution is 8.00. The van der Waals surface area contributed by atoms with Gasteiger partial charge in [-0.15, -0.1) is 0 Å². The van der Waals surface area contributed by atoms with E-state index in [2.05, 4.69) is 9.97 Å². The molecule has 0 bridgehead atoms. The molecule has 4 nitrogen and oxygen atoms in total. The van der Waals surface area contributed by atoms with E-state index in [1.165, 1.54) is 0 Å². The van der Waals surface area contributed by atoms with Crippen LogP contribution < -0.4 is 0 Å². The summed E-state index contributed by atoms with van der Waals surface area (Å²) in [5.41, 5.74) is 0.647. The van der Waals surface area contributed by atoms with Crippen LogP contribution in [0, 0.1) is 0 Å². The van der Waals surface area contributed by atoms with E-state index in [1.807, 2.05) is 30.3 Å². The van der Waals surface area contributed by atoms with Crippen LogP contribution in [0.4, 0.5) is 13.2 Å². The first-order chi connectivity index (χ1) is 14.2. The van der Waals surface area contributed by atoms with Gasteiger partial charge in [-0.2, -0.15) is 13.2 Å². The molecule has 1 aromatic heterocycles. The van der Waals surface area contributed by atoms with Gasteiger partial charge < -0.3 is 4.90 Å². The Morgan fingerprint density at radius 1 is 1.03 bits per heavy atom. The Bertz CT molecular complexity index is 998. The number of aromatic nitrogens is 2. The molecule has 0 aliphatic rings. The number of halogens is 3. The maximum Gasteiger partial charge on any atom is 0.433 e. The number of thioether (sulfide) groups is 1. The molecule has 3 rings (SSSR count). The normalized spacial score (nSPS) is 12.4. The van der Waals surface area contributed by atoms with Crippen LogP contribution >= 0.6 is 11.8 Å². The van der Waals surface area contributed by atoms with Crippen molar-refractivity contribution in [2.45, 2.75) is 30.1 Å². The molecule has 2 aromatic carbocycles. The third-order valence-corrected chi connectivity index (χ3v) is 5.28. The van der Waals surface area contributed by atoms with Crippen molar-refractivity contribution < 1.29 is 18.0 Å². The highest BCUT2D eigenvalue weighted by Crippen LogP contribution is 2.33. The van der Waals surface area contributed by atoms with Crippen molar-refractivity contribution in [1.82, 2.24) is 14.9 Å². The lowest BCUT2D eigenvalue weighted by molar-refractivity contribution is -0.141. The van der Waals surface area contributed by atoms with Gasteiger partial charge in [0.05, 0.1) is 10.9 Å². The number of hydrogen-bond donors (Lipinski definition) is 0. The van der Waals surface area contributed by atoms with Gasteiger partial charge in [0.1, 0.15) is 5.69 Å². The molecule has 1 atom stereocenters. The molecule has 0 unspecified atom stereocenters. The average molecular weight is 431 g/mol. The Hall–Kier alpha value is -2.87. The van der Waals surface area contributed by atoms with Crippen molar-refractivity contribution in [3.8, 4) is 11.3 Å². The number of carbonyl (C=O) groups is 1. The zero-order valence-corrected chi connectivity index (χ0v) is 17.2. The van der Waals surface area contributed by atoms with E-state index < -0.39 is 17.1 Å². The van der Waals surface area contributed by atoms with Gasteiger partial charge in [0.25, 0.3) is 0 Å². The van der Waals surface area contributed by atoms with Gasteiger partial charge in [-0.3, -0.25) is 4.79 Å². The SMILES string of the molecule is C[C@@H](Sc1nc(-c2ccccc2)cc(C(F)(F)F)n1)C(=O)N(C)Cc1ccccc1. The van der Waals surface area contributed by atoms with Crippen LogP contribution in [0.25, 0.3) is 11.3 Å². The zero-order valence-electron chi connectivity index (χ0n) is 16.4. The number of carbonyl (C=O) groups excluding carboxylic acids is 1. The van der Waals surface area contributed by atoms with E-state index in [0.717, 1.165) is 23.4 Å². The fourth-order valence-electron chi connectivity index (χ4n) is 2.83. The second-order valence-corrected chi connectivity index (χ2v) is 8.03. The van der Waals surface area contributed by atoms with Crippen molar-refractivity contribution in [2.24, 2.45) is 0 Å². The molecule has 156 valence electrons. The first-order valence-corrected chi connectivity index (χ1v) is 10.1. The Morgan fingerprint density at radius 3 is 2.23 bits per heavy atom. The van der Waals surface area contributed by atoms with Crippen LogP contribution in [0.5, 0.6) is 0 Å². The molecule has 0 saturated heterocycles. The standard InChI is InChI=1S/C22H20F3N3OS/c1-15(20(29)28(2)14-16-9-5-3-6-10-16)30-21-26-18(17-11-7-4-8-12-17)13-19(27-21)22(23,24)25/h3-13,15H,14H2,1-2H3/t15-/m1/s1. The number of alkyl halides is 3. The predicted molar refractivity (Wildman–Crippen MR) is 111 cm³/mol. The summed E-state index contributed by atoms with van der Waals surface area (Å²) in [6, 6.07) is 19.0. The van der Waals surface area contributed by atoms with Crippen LogP contribution in [0.3, 0.4) is 0 Å². The van der Waals surface area contributed by atoms with E-state index in [0.29, 0.717) is 12.1 Å². The molecule has 1 heterocycles. The van der Waals surface area contributed by atoms with Crippen LogP contribution in [-0.2, 0) is 17.5 Å². The molecule has 0 N–H and O–H groups in total. The third-order valence-electron chi connectivity index (χ3n) is 4.33. The largest absolute Gasteiger partial charge is 0.433 e. The molecule has 3 aromatic rings. The van der Waals surface area contributed by atoms with Gasteiger partial charge in [0.15, 0.2) is 5.16 Å². The molecule has 1 amide bonds. The summed E-state index contributed by atoms with van der Waals surface area (Å²) in [7, 11) is 1.66.